The normalized spacial score (nSPS) is 16.3. The van der Waals surface area contributed by atoms with Crippen molar-refractivity contribution < 1.29 is 67.0 Å². The lowest BCUT2D eigenvalue weighted by Gasteiger charge is -2.38. The van der Waals surface area contributed by atoms with Crippen LogP contribution < -0.4 is 5.32 Å². The number of amides is 1. The van der Waals surface area contributed by atoms with Crippen LogP contribution in [0.1, 0.15) is 46.5 Å². The van der Waals surface area contributed by atoms with Crippen LogP contribution in [0.15, 0.2) is 0 Å². The molecule has 0 fully saturated rings. The smallest absolute Gasteiger partial charge is 0.393 e. The number of hydrogen-bond acceptors (Lipinski definition) is 4. The number of alkyl halides is 12. The number of aryl methyl sites for hydroxylation is 1. The van der Waals surface area contributed by atoms with E-state index in [1.54, 1.807) is 0 Å². The lowest BCUT2D eigenvalue weighted by Crippen LogP contribution is -2.70. The molecule has 206 valence electrons. The van der Waals surface area contributed by atoms with Crippen molar-refractivity contribution in [2.45, 2.75) is 74.6 Å². The number of ether oxygens (including phenoxy) is 1. The number of esters is 1. The van der Waals surface area contributed by atoms with Gasteiger partial charge in [-0.05, 0) is 31.2 Å². The van der Waals surface area contributed by atoms with Crippen LogP contribution in [0.25, 0.3) is 0 Å². The summed E-state index contributed by atoms with van der Waals surface area (Å²) in [5, 5.41) is 0.231. The van der Waals surface area contributed by atoms with E-state index in [1.807, 2.05) is 0 Å². The summed E-state index contributed by atoms with van der Waals surface area (Å²) in [6.45, 7) is 0. The Labute approximate surface area is 199 Å². The molecule has 0 saturated heterocycles. The number of halogens is 12. The van der Waals surface area contributed by atoms with Gasteiger partial charge >= 0.3 is 47.9 Å². The first kappa shape index (κ1) is 30.0. The number of carbonyl (C=O) groups is 2. The maximum absolute atomic E-state index is 14.2. The van der Waals surface area contributed by atoms with Gasteiger partial charge in [0.25, 0.3) is 0 Å². The van der Waals surface area contributed by atoms with Crippen LogP contribution in [0, 0.1) is 0 Å². The highest BCUT2D eigenvalue weighted by atomic mass is 32.1. The summed E-state index contributed by atoms with van der Waals surface area (Å²) in [7, 11) is 0.843. The molecule has 0 aromatic carbocycles. The predicted octanol–water partition coefficient (Wildman–Crippen LogP) is 6.57. The first-order chi connectivity index (χ1) is 16.3. The van der Waals surface area contributed by atoms with E-state index in [2.05, 4.69) is 4.74 Å². The van der Waals surface area contributed by atoms with Crippen LogP contribution in [0.4, 0.5) is 57.7 Å². The highest BCUT2D eigenvalue weighted by Gasteiger charge is 2.89. The Bertz CT molecular complexity index is 993. The average molecular weight is 567 g/mol. The minimum atomic E-state index is -7.84. The highest BCUT2D eigenvalue weighted by molar-refractivity contribution is 7.17. The quantitative estimate of drug-likeness (QED) is 0.286. The van der Waals surface area contributed by atoms with E-state index in [0.717, 1.165) is 18.8 Å². The second-order valence-corrected chi connectivity index (χ2v) is 8.89. The van der Waals surface area contributed by atoms with Gasteiger partial charge in [-0.2, -0.15) is 43.9 Å². The molecule has 1 amide bonds. The van der Waals surface area contributed by atoms with E-state index in [0.29, 0.717) is 35.5 Å². The first-order valence-electron chi connectivity index (χ1n) is 10.0. The molecule has 0 bridgehead atoms. The number of carbonyl (C=O) groups excluding carboxylic acids is 2. The van der Waals surface area contributed by atoms with Crippen LogP contribution in [-0.4, -0.2) is 55.0 Å². The van der Waals surface area contributed by atoms with Gasteiger partial charge in [-0.3, -0.25) is 4.79 Å². The third-order valence-electron chi connectivity index (χ3n) is 5.45. The predicted molar refractivity (Wildman–Crippen MR) is 101 cm³/mol. The van der Waals surface area contributed by atoms with Crippen molar-refractivity contribution in [3.05, 3.63) is 16.0 Å². The molecule has 4 nitrogen and oxygen atoms in total. The zero-order valence-corrected chi connectivity index (χ0v) is 18.8. The van der Waals surface area contributed by atoms with Crippen molar-refractivity contribution >= 4 is 28.2 Å². The fourth-order valence-electron chi connectivity index (χ4n) is 3.39. The molecule has 0 radical (unpaired) electrons. The second kappa shape index (κ2) is 9.93. The summed E-state index contributed by atoms with van der Waals surface area (Å²) in [4.78, 5) is 24.5. The molecule has 1 N–H and O–H groups in total. The van der Waals surface area contributed by atoms with E-state index in [1.165, 1.54) is 0 Å². The summed E-state index contributed by atoms with van der Waals surface area (Å²) in [5.41, 5.74) is -0.362. The van der Waals surface area contributed by atoms with E-state index in [-0.39, 0.29) is 18.4 Å². The molecule has 36 heavy (non-hydrogen) atoms. The maximum Gasteiger partial charge on any atom is 0.393 e. The van der Waals surface area contributed by atoms with Crippen molar-refractivity contribution in [1.29, 1.82) is 0 Å². The maximum atomic E-state index is 14.2. The second-order valence-electron chi connectivity index (χ2n) is 7.79. The van der Waals surface area contributed by atoms with Gasteiger partial charge in [0, 0.05) is 4.88 Å². The van der Waals surface area contributed by atoms with Gasteiger partial charge in [0.05, 0.1) is 12.7 Å². The Hall–Kier alpha value is -2.20. The number of anilines is 1. The van der Waals surface area contributed by atoms with Gasteiger partial charge in [-0.1, -0.05) is 12.8 Å². The highest BCUT2D eigenvalue weighted by Crippen LogP contribution is 2.58. The van der Waals surface area contributed by atoms with E-state index in [4.69, 9.17) is 0 Å². The Morgan fingerprint density at radius 1 is 0.833 bits per heavy atom. The monoisotopic (exact) mass is 567 g/mol. The molecule has 0 saturated carbocycles. The van der Waals surface area contributed by atoms with Gasteiger partial charge in [-0.25, -0.2) is 13.6 Å². The molecule has 0 unspecified atom stereocenters. The largest absolute Gasteiger partial charge is 0.465 e. The number of nitrogens with one attached hydrogen (secondary N) is 1. The SMILES string of the molecule is COC(=O)c1c(NC(=O)C(F)(F)C(F)(F)C(F)(F)C(F)(F)C(F)(F)C(F)F)sc2c1CCCCCC2. The molecule has 2 rings (SSSR count). The van der Waals surface area contributed by atoms with E-state index >= 15 is 0 Å². The van der Waals surface area contributed by atoms with Crippen molar-refractivity contribution in [2.24, 2.45) is 0 Å². The molecule has 1 aliphatic rings. The van der Waals surface area contributed by atoms with Crippen molar-refractivity contribution in [1.82, 2.24) is 0 Å². The fourth-order valence-corrected chi connectivity index (χ4v) is 4.66. The summed E-state index contributed by atoms with van der Waals surface area (Å²) in [5.74, 6) is -41.8. The van der Waals surface area contributed by atoms with Gasteiger partial charge in [0.1, 0.15) is 5.00 Å². The minimum absolute atomic E-state index is 0.158. The molecule has 1 aromatic rings. The lowest BCUT2D eigenvalue weighted by atomic mass is 9.94. The zero-order valence-electron chi connectivity index (χ0n) is 18.0. The molecule has 0 aliphatic heterocycles. The summed E-state index contributed by atoms with van der Waals surface area (Å²) in [6.07, 6.45) is -2.81. The summed E-state index contributed by atoms with van der Waals surface area (Å²) in [6, 6.07) is 0. The average Bonchev–Trinajstić information content (AvgIpc) is 3.08. The molecule has 17 heteroatoms. The van der Waals surface area contributed by atoms with Crippen LogP contribution in [-0.2, 0) is 22.4 Å². The number of fused-ring (bicyclic) bond motifs is 1. The third kappa shape index (κ3) is 4.62. The minimum Gasteiger partial charge on any atom is -0.465 e. The number of methoxy groups -OCH3 is 1. The molecular weight excluding hydrogens is 550 g/mol. The van der Waals surface area contributed by atoms with Gasteiger partial charge in [0.2, 0.25) is 0 Å². The number of rotatable bonds is 8. The van der Waals surface area contributed by atoms with Gasteiger partial charge < -0.3 is 10.1 Å². The third-order valence-corrected chi connectivity index (χ3v) is 6.66. The van der Waals surface area contributed by atoms with E-state index < -0.39 is 58.5 Å². The Balaban J connectivity index is 2.51. The number of thiophene rings is 1. The van der Waals surface area contributed by atoms with Crippen molar-refractivity contribution in [3.63, 3.8) is 0 Å². The number of hydrogen-bond donors (Lipinski definition) is 1. The van der Waals surface area contributed by atoms with Crippen LogP contribution in [0.3, 0.4) is 0 Å². The summed E-state index contributed by atoms with van der Waals surface area (Å²) >= 11 is 0.439. The van der Waals surface area contributed by atoms with Crippen LogP contribution in [0.2, 0.25) is 0 Å². The molecule has 0 atom stereocenters. The Morgan fingerprint density at radius 2 is 1.36 bits per heavy atom. The first-order valence-corrected chi connectivity index (χ1v) is 10.8. The fraction of sp³-hybridized carbons (Fsp3) is 0.684. The summed E-state index contributed by atoms with van der Waals surface area (Å²) < 4.78 is 165. The molecular formula is C19H17F12NO3S. The van der Waals surface area contributed by atoms with Gasteiger partial charge in [0.15, 0.2) is 0 Å². The molecule has 1 aromatic heterocycles. The molecule has 0 spiro atoms. The van der Waals surface area contributed by atoms with Crippen LogP contribution >= 0.6 is 11.3 Å². The van der Waals surface area contributed by atoms with Crippen molar-refractivity contribution in [2.75, 3.05) is 12.4 Å². The zero-order chi connectivity index (χ0) is 27.9. The lowest BCUT2D eigenvalue weighted by molar-refractivity contribution is -0.406. The molecule has 1 aliphatic carbocycles. The standard InChI is InChI=1S/C19H17F12NO3S/c1-35-12(33)10-8-6-4-2-3-5-7-9(8)36-11(10)32-14(34)16(24,25)18(28,29)19(30,31)17(26,27)15(22,23)13(20)21/h13H,2-7H2,1H3,(H,32,34). The van der Waals surface area contributed by atoms with E-state index in [9.17, 15) is 62.3 Å². The van der Waals surface area contributed by atoms with Crippen molar-refractivity contribution in [3.8, 4) is 0 Å². The molecule has 1 heterocycles. The topological polar surface area (TPSA) is 55.4 Å². The van der Waals surface area contributed by atoms with Gasteiger partial charge in [-0.15, -0.1) is 11.3 Å². The Morgan fingerprint density at radius 3 is 1.86 bits per heavy atom. The van der Waals surface area contributed by atoms with Crippen LogP contribution in [0.5, 0.6) is 0 Å². The Kier molecular flexibility index (Phi) is 8.28.